The van der Waals surface area contributed by atoms with Gasteiger partial charge in [-0.05, 0) is 32.9 Å². The molecular formula is C13H24N2OS. The molecule has 2 heterocycles. The third-order valence-electron chi connectivity index (χ3n) is 4.25. The fraction of sp³-hybridized carbons (Fsp3) is 0.923. The van der Waals surface area contributed by atoms with Gasteiger partial charge in [-0.3, -0.25) is 9.69 Å². The molecule has 3 nitrogen and oxygen atoms in total. The van der Waals surface area contributed by atoms with Gasteiger partial charge < -0.3 is 4.90 Å². The predicted octanol–water partition coefficient (Wildman–Crippen LogP) is 1.84. The molecule has 0 saturated carbocycles. The average Bonchev–Trinajstić information content (AvgIpc) is 2.24. The zero-order valence-electron chi connectivity index (χ0n) is 11.1. The SMILES string of the molecule is CC(C)C(=O)N1CC2(CCN(C(C)S)CC2)C1. The van der Waals surface area contributed by atoms with Crippen molar-refractivity contribution in [2.45, 2.75) is 39.0 Å². The van der Waals surface area contributed by atoms with Gasteiger partial charge in [0.2, 0.25) is 5.91 Å². The average molecular weight is 256 g/mol. The predicted molar refractivity (Wildman–Crippen MR) is 73.1 cm³/mol. The minimum atomic E-state index is 0.143. The molecule has 0 aliphatic carbocycles. The number of hydrogen-bond acceptors (Lipinski definition) is 3. The third-order valence-corrected chi connectivity index (χ3v) is 4.57. The van der Waals surface area contributed by atoms with E-state index in [-0.39, 0.29) is 5.92 Å². The highest BCUT2D eigenvalue weighted by Crippen LogP contribution is 2.41. The van der Waals surface area contributed by atoms with Gasteiger partial charge in [-0.25, -0.2) is 0 Å². The molecule has 0 aromatic rings. The second-order valence-corrected chi connectivity index (χ2v) is 6.76. The van der Waals surface area contributed by atoms with Crippen molar-refractivity contribution < 1.29 is 4.79 Å². The molecular weight excluding hydrogens is 232 g/mol. The summed E-state index contributed by atoms with van der Waals surface area (Å²) in [6.45, 7) is 10.3. The second-order valence-electron chi connectivity index (χ2n) is 6.02. The Bertz CT molecular complexity index is 288. The number of carbonyl (C=O) groups excluding carboxylic acids is 1. The molecule has 2 rings (SSSR count). The van der Waals surface area contributed by atoms with E-state index in [1.165, 1.54) is 12.8 Å². The lowest BCUT2D eigenvalue weighted by Gasteiger charge is -2.54. The quantitative estimate of drug-likeness (QED) is 0.762. The van der Waals surface area contributed by atoms with Crippen LogP contribution in [0.25, 0.3) is 0 Å². The first-order valence-electron chi connectivity index (χ1n) is 6.64. The van der Waals surface area contributed by atoms with Crippen LogP contribution >= 0.6 is 12.6 Å². The summed E-state index contributed by atoms with van der Waals surface area (Å²) in [5.41, 5.74) is 0.434. The number of likely N-dealkylation sites (tertiary alicyclic amines) is 2. The van der Waals surface area contributed by atoms with Crippen molar-refractivity contribution in [2.24, 2.45) is 11.3 Å². The molecule has 98 valence electrons. The van der Waals surface area contributed by atoms with Crippen LogP contribution in [0.5, 0.6) is 0 Å². The van der Waals surface area contributed by atoms with Crippen LogP contribution in [0.15, 0.2) is 0 Å². The molecule has 0 radical (unpaired) electrons. The van der Waals surface area contributed by atoms with Crippen LogP contribution in [0.2, 0.25) is 0 Å². The van der Waals surface area contributed by atoms with Crippen molar-refractivity contribution in [3.63, 3.8) is 0 Å². The number of nitrogens with zero attached hydrogens (tertiary/aromatic N) is 2. The maximum Gasteiger partial charge on any atom is 0.225 e. The van der Waals surface area contributed by atoms with Gasteiger partial charge in [-0.15, -0.1) is 0 Å². The summed E-state index contributed by atoms with van der Waals surface area (Å²) in [6.07, 6.45) is 2.44. The number of rotatable bonds is 2. The zero-order valence-corrected chi connectivity index (χ0v) is 12.0. The van der Waals surface area contributed by atoms with Gasteiger partial charge >= 0.3 is 0 Å². The van der Waals surface area contributed by atoms with Gasteiger partial charge in [0, 0.05) is 29.8 Å². The summed E-state index contributed by atoms with van der Waals surface area (Å²) < 4.78 is 0. The van der Waals surface area contributed by atoms with Crippen LogP contribution in [-0.4, -0.2) is 47.3 Å². The molecule has 0 bridgehead atoms. The van der Waals surface area contributed by atoms with Crippen LogP contribution in [0, 0.1) is 11.3 Å². The number of thiol groups is 1. The van der Waals surface area contributed by atoms with E-state index in [2.05, 4.69) is 24.5 Å². The maximum atomic E-state index is 11.8. The summed E-state index contributed by atoms with van der Waals surface area (Å²) in [5.74, 6) is 0.463. The van der Waals surface area contributed by atoms with E-state index in [9.17, 15) is 4.79 Å². The zero-order chi connectivity index (χ0) is 12.6. The second kappa shape index (κ2) is 4.81. The van der Waals surface area contributed by atoms with E-state index < -0.39 is 0 Å². The molecule has 0 N–H and O–H groups in total. The summed E-state index contributed by atoms with van der Waals surface area (Å²) in [6, 6.07) is 0. The first-order valence-corrected chi connectivity index (χ1v) is 7.16. The number of carbonyl (C=O) groups is 1. The largest absolute Gasteiger partial charge is 0.341 e. The smallest absolute Gasteiger partial charge is 0.225 e. The molecule has 1 spiro atoms. The number of hydrogen-bond donors (Lipinski definition) is 1. The lowest BCUT2D eigenvalue weighted by atomic mass is 9.71. The Morgan fingerprint density at radius 3 is 2.12 bits per heavy atom. The highest BCUT2D eigenvalue weighted by atomic mass is 32.1. The normalized spacial score (nSPS) is 26.1. The molecule has 2 fully saturated rings. The Labute approximate surface area is 110 Å². The van der Waals surface area contributed by atoms with Gasteiger partial charge in [0.15, 0.2) is 0 Å². The van der Waals surface area contributed by atoms with Crippen LogP contribution in [0.4, 0.5) is 0 Å². The van der Waals surface area contributed by atoms with Crippen molar-refractivity contribution in [3.8, 4) is 0 Å². The van der Waals surface area contributed by atoms with Crippen molar-refractivity contribution in [1.82, 2.24) is 9.80 Å². The van der Waals surface area contributed by atoms with Crippen molar-refractivity contribution in [1.29, 1.82) is 0 Å². The summed E-state index contributed by atoms with van der Waals surface area (Å²) in [5, 5.41) is 0.362. The summed E-state index contributed by atoms with van der Waals surface area (Å²) in [4.78, 5) is 16.3. The molecule has 2 saturated heterocycles. The topological polar surface area (TPSA) is 23.6 Å². The van der Waals surface area contributed by atoms with Gasteiger partial charge in [0.05, 0.1) is 0 Å². The molecule has 1 unspecified atom stereocenters. The Morgan fingerprint density at radius 2 is 1.71 bits per heavy atom. The first-order chi connectivity index (χ1) is 7.93. The fourth-order valence-electron chi connectivity index (χ4n) is 2.97. The highest BCUT2D eigenvalue weighted by molar-refractivity contribution is 7.80. The van der Waals surface area contributed by atoms with Gasteiger partial charge in [-0.1, -0.05) is 13.8 Å². The first kappa shape index (κ1) is 13.2. The van der Waals surface area contributed by atoms with E-state index >= 15 is 0 Å². The Morgan fingerprint density at radius 1 is 1.18 bits per heavy atom. The van der Waals surface area contributed by atoms with E-state index in [0.717, 1.165) is 26.2 Å². The van der Waals surface area contributed by atoms with Gasteiger partial charge in [-0.2, -0.15) is 12.6 Å². The van der Waals surface area contributed by atoms with Crippen molar-refractivity contribution in [2.75, 3.05) is 26.2 Å². The van der Waals surface area contributed by atoms with Crippen LogP contribution in [0.1, 0.15) is 33.6 Å². The molecule has 2 aliphatic rings. The molecule has 1 amide bonds. The Balaban J connectivity index is 1.81. The third kappa shape index (κ3) is 2.63. The lowest BCUT2D eigenvalue weighted by molar-refractivity contribution is -0.150. The maximum absolute atomic E-state index is 11.8. The summed E-state index contributed by atoms with van der Waals surface area (Å²) >= 11 is 4.48. The van der Waals surface area contributed by atoms with E-state index in [4.69, 9.17) is 0 Å². The molecule has 0 aromatic heterocycles. The Hall–Kier alpha value is -0.220. The molecule has 1 atom stereocenters. The molecule has 4 heteroatoms. The van der Waals surface area contributed by atoms with Crippen LogP contribution < -0.4 is 0 Å². The molecule has 2 aliphatic heterocycles. The van der Waals surface area contributed by atoms with E-state index in [0.29, 0.717) is 16.7 Å². The van der Waals surface area contributed by atoms with Gasteiger partial charge in [0.25, 0.3) is 0 Å². The monoisotopic (exact) mass is 256 g/mol. The fourth-order valence-corrected chi connectivity index (χ4v) is 3.20. The minimum absolute atomic E-state index is 0.143. The lowest BCUT2D eigenvalue weighted by Crippen LogP contribution is -2.62. The van der Waals surface area contributed by atoms with Crippen molar-refractivity contribution in [3.05, 3.63) is 0 Å². The van der Waals surface area contributed by atoms with E-state index in [1.54, 1.807) is 0 Å². The molecule has 17 heavy (non-hydrogen) atoms. The summed E-state index contributed by atoms with van der Waals surface area (Å²) in [7, 11) is 0. The molecule has 0 aromatic carbocycles. The minimum Gasteiger partial charge on any atom is -0.341 e. The van der Waals surface area contributed by atoms with Crippen molar-refractivity contribution >= 4 is 18.5 Å². The van der Waals surface area contributed by atoms with E-state index in [1.807, 2.05) is 18.7 Å². The standard InChI is InChI=1S/C13H24N2OS/c1-10(2)12(16)15-8-13(9-15)4-6-14(7-5-13)11(3)17/h10-11,17H,4-9H2,1-3H3. The Kier molecular flexibility index (Phi) is 3.74. The van der Waals surface area contributed by atoms with Crippen LogP contribution in [-0.2, 0) is 4.79 Å². The highest BCUT2D eigenvalue weighted by Gasteiger charge is 2.46. The van der Waals surface area contributed by atoms with Gasteiger partial charge in [0.1, 0.15) is 0 Å². The number of piperidine rings is 1. The van der Waals surface area contributed by atoms with Crippen LogP contribution in [0.3, 0.4) is 0 Å². The number of amides is 1.